The number of halogens is 1. The van der Waals surface area contributed by atoms with Crippen LogP contribution in [-0.2, 0) is 0 Å². The van der Waals surface area contributed by atoms with Crippen molar-refractivity contribution in [1.82, 2.24) is 0 Å². The summed E-state index contributed by atoms with van der Waals surface area (Å²) in [5.41, 5.74) is 0.798. The van der Waals surface area contributed by atoms with E-state index in [9.17, 15) is 0 Å². The number of hydrogen-bond donors (Lipinski definition) is 1. The van der Waals surface area contributed by atoms with Gasteiger partial charge in [-0.3, -0.25) is 0 Å². The molecule has 1 heterocycles. The van der Waals surface area contributed by atoms with Crippen molar-refractivity contribution in [3.05, 3.63) is 41.4 Å². The zero-order valence-corrected chi connectivity index (χ0v) is 9.85. The van der Waals surface area contributed by atoms with Gasteiger partial charge >= 0.3 is 7.48 Å². The molecule has 77 valence electrons. The minimum absolute atomic E-state index is 0.763. The van der Waals surface area contributed by atoms with Gasteiger partial charge in [-0.05, 0) is 18.2 Å². The summed E-state index contributed by atoms with van der Waals surface area (Å²) in [7, 11) is 1.11. The van der Waals surface area contributed by atoms with Crippen LogP contribution in [0.1, 0.15) is 0 Å². The van der Waals surface area contributed by atoms with Crippen molar-refractivity contribution < 1.29 is 5.02 Å². The van der Waals surface area contributed by atoms with Gasteiger partial charge in [0, 0.05) is 25.2 Å². The van der Waals surface area contributed by atoms with Gasteiger partial charge in [0.1, 0.15) is 0 Å². The van der Waals surface area contributed by atoms with E-state index in [0.717, 1.165) is 28.7 Å². The monoisotopic (exact) mass is 245 g/mol. The minimum Gasteiger partial charge on any atom is -0.450 e. The van der Waals surface area contributed by atoms with E-state index in [1.807, 2.05) is 30.3 Å². The molecule has 0 amide bonds. The van der Waals surface area contributed by atoms with Crippen LogP contribution in [0.5, 0.6) is 0 Å². The molecule has 0 unspecified atom stereocenters. The summed E-state index contributed by atoms with van der Waals surface area (Å²) in [6.45, 7) is 0. The quantitative estimate of drug-likeness (QED) is 0.654. The normalized spacial score (nSPS) is 11.1. The van der Waals surface area contributed by atoms with Crippen LogP contribution >= 0.6 is 22.9 Å². The van der Waals surface area contributed by atoms with Crippen molar-refractivity contribution in [2.75, 3.05) is 0 Å². The molecular weight excluding hydrogens is 238 g/mol. The maximum absolute atomic E-state index is 9.02. The molecule has 0 saturated carbocycles. The first-order valence-electron chi connectivity index (χ1n) is 4.88. The lowest BCUT2D eigenvalue weighted by molar-refractivity contribution is 0.615. The molecule has 3 aromatic rings. The molecule has 0 spiro atoms. The SMILES string of the molecule is O[B]c1ccc2sc3cccc(Cl)c3c2c1. The third kappa shape index (κ3) is 1.44. The van der Waals surface area contributed by atoms with Gasteiger partial charge in [0.15, 0.2) is 0 Å². The maximum Gasteiger partial charge on any atom is 0.326 e. The van der Waals surface area contributed by atoms with E-state index in [2.05, 4.69) is 6.07 Å². The molecule has 0 aliphatic carbocycles. The Morgan fingerprint density at radius 1 is 1.12 bits per heavy atom. The van der Waals surface area contributed by atoms with Crippen LogP contribution < -0.4 is 5.46 Å². The largest absolute Gasteiger partial charge is 0.450 e. The predicted octanol–water partition coefficient (Wildman–Crippen LogP) is 2.94. The topological polar surface area (TPSA) is 20.2 Å². The molecule has 2 aromatic carbocycles. The Morgan fingerprint density at radius 3 is 2.81 bits per heavy atom. The Kier molecular flexibility index (Phi) is 2.39. The van der Waals surface area contributed by atoms with Crippen LogP contribution in [-0.4, -0.2) is 12.5 Å². The van der Waals surface area contributed by atoms with E-state index in [-0.39, 0.29) is 0 Å². The summed E-state index contributed by atoms with van der Waals surface area (Å²) in [5, 5.41) is 12.0. The summed E-state index contributed by atoms with van der Waals surface area (Å²) in [5.74, 6) is 0. The van der Waals surface area contributed by atoms with Crippen molar-refractivity contribution in [3.63, 3.8) is 0 Å². The van der Waals surface area contributed by atoms with Gasteiger partial charge in [-0.25, -0.2) is 0 Å². The van der Waals surface area contributed by atoms with E-state index in [4.69, 9.17) is 16.6 Å². The molecule has 1 N–H and O–H groups in total. The van der Waals surface area contributed by atoms with Crippen LogP contribution in [0.25, 0.3) is 20.2 Å². The van der Waals surface area contributed by atoms with Crippen LogP contribution in [0.15, 0.2) is 36.4 Å². The van der Waals surface area contributed by atoms with Gasteiger partial charge in [-0.1, -0.05) is 35.3 Å². The van der Waals surface area contributed by atoms with E-state index in [1.165, 1.54) is 9.40 Å². The Balaban J connectivity index is 2.50. The highest BCUT2D eigenvalue weighted by atomic mass is 35.5. The molecule has 0 atom stereocenters. The Hall–Kier alpha value is -1.03. The molecule has 4 heteroatoms. The number of thiophene rings is 1. The summed E-state index contributed by atoms with van der Waals surface area (Å²) in [4.78, 5) is 0. The van der Waals surface area contributed by atoms with Gasteiger partial charge in [-0.2, -0.15) is 0 Å². The minimum atomic E-state index is 0.763. The average Bonchev–Trinajstić information content (AvgIpc) is 2.67. The first-order chi connectivity index (χ1) is 7.79. The first kappa shape index (κ1) is 10.1. The van der Waals surface area contributed by atoms with Crippen LogP contribution in [0.4, 0.5) is 0 Å². The molecule has 0 aliphatic rings. The predicted molar refractivity (Wildman–Crippen MR) is 71.9 cm³/mol. The summed E-state index contributed by atoms with van der Waals surface area (Å²) in [6, 6.07) is 11.8. The third-order valence-electron chi connectivity index (χ3n) is 2.62. The summed E-state index contributed by atoms with van der Waals surface area (Å²) < 4.78 is 2.37. The molecule has 1 aromatic heterocycles. The second-order valence-corrected chi connectivity index (χ2v) is 5.09. The van der Waals surface area contributed by atoms with Crippen LogP contribution in [0.2, 0.25) is 5.02 Å². The van der Waals surface area contributed by atoms with Gasteiger partial charge in [-0.15, -0.1) is 11.3 Å². The molecule has 0 fully saturated rings. The zero-order chi connectivity index (χ0) is 11.1. The number of fused-ring (bicyclic) bond motifs is 3. The fourth-order valence-corrected chi connectivity index (χ4v) is 3.33. The van der Waals surface area contributed by atoms with Crippen molar-refractivity contribution >= 4 is 56.1 Å². The van der Waals surface area contributed by atoms with Crippen molar-refractivity contribution in [2.45, 2.75) is 0 Å². The number of hydrogen-bond acceptors (Lipinski definition) is 2. The van der Waals surface area contributed by atoms with Crippen molar-refractivity contribution in [1.29, 1.82) is 0 Å². The number of rotatable bonds is 1. The Morgan fingerprint density at radius 2 is 2.00 bits per heavy atom. The van der Waals surface area contributed by atoms with Crippen molar-refractivity contribution in [2.24, 2.45) is 0 Å². The first-order valence-corrected chi connectivity index (χ1v) is 6.07. The van der Waals surface area contributed by atoms with E-state index >= 15 is 0 Å². The molecular formula is C12H7BClOS. The van der Waals surface area contributed by atoms with Crippen LogP contribution in [0.3, 0.4) is 0 Å². The standard InChI is InChI=1S/C12H7BClOS/c14-9-2-1-3-11-12(9)8-6-7(13-15)4-5-10(8)16-11/h1-6,15H. The second-order valence-electron chi connectivity index (χ2n) is 3.60. The summed E-state index contributed by atoms with van der Waals surface area (Å²) >= 11 is 7.92. The van der Waals surface area contributed by atoms with E-state index < -0.39 is 0 Å². The Bertz CT molecular complexity index is 677. The second kappa shape index (κ2) is 3.77. The van der Waals surface area contributed by atoms with Crippen LogP contribution in [0, 0.1) is 0 Å². The highest BCUT2D eigenvalue weighted by Crippen LogP contribution is 2.37. The van der Waals surface area contributed by atoms with Gasteiger partial charge in [0.05, 0.1) is 0 Å². The average molecular weight is 246 g/mol. The van der Waals surface area contributed by atoms with Gasteiger partial charge < -0.3 is 5.02 Å². The molecule has 1 nitrogen and oxygen atoms in total. The Labute approximate surface area is 103 Å². The summed E-state index contributed by atoms with van der Waals surface area (Å²) in [6.07, 6.45) is 0. The lowest BCUT2D eigenvalue weighted by atomic mass is 9.88. The molecule has 3 rings (SSSR count). The van der Waals surface area contributed by atoms with Gasteiger partial charge in [0.25, 0.3) is 0 Å². The van der Waals surface area contributed by atoms with E-state index in [0.29, 0.717) is 0 Å². The number of benzene rings is 2. The van der Waals surface area contributed by atoms with Crippen molar-refractivity contribution in [3.8, 4) is 0 Å². The molecule has 16 heavy (non-hydrogen) atoms. The smallest absolute Gasteiger partial charge is 0.326 e. The van der Waals surface area contributed by atoms with E-state index in [1.54, 1.807) is 11.3 Å². The highest BCUT2D eigenvalue weighted by molar-refractivity contribution is 7.26. The fourth-order valence-electron chi connectivity index (χ4n) is 1.88. The molecule has 1 radical (unpaired) electrons. The molecule has 0 aliphatic heterocycles. The molecule has 0 bridgehead atoms. The fraction of sp³-hybridized carbons (Fsp3) is 0. The molecule has 0 saturated heterocycles. The zero-order valence-electron chi connectivity index (χ0n) is 8.27. The third-order valence-corrected chi connectivity index (χ3v) is 4.07. The lowest BCUT2D eigenvalue weighted by Gasteiger charge is -1.97. The maximum atomic E-state index is 9.02. The van der Waals surface area contributed by atoms with Gasteiger partial charge in [0.2, 0.25) is 0 Å². The lowest BCUT2D eigenvalue weighted by Crippen LogP contribution is -2.11. The highest BCUT2D eigenvalue weighted by Gasteiger charge is 2.08.